The standard InChI is InChI=1S/C28H44Br2S/c1-3-5-7-9-11-13-15-17-19-23-21-24(20-18-16-14-12-10-8-6-4-2)26-25(22-23)31-28(30)27(26)29/h21-22H,3-20H2,1-2H3. The molecule has 0 atom stereocenters. The molecule has 0 aliphatic carbocycles. The number of unbranched alkanes of at least 4 members (excludes halogenated alkanes) is 14. The van der Waals surface area contributed by atoms with Crippen LogP contribution in [-0.2, 0) is 12.8 Å². The predicted molar refractivity (Wildman–Crippen MR) is 150 cm³/mol. The summed E-state index contributed by atoms with van der Waals surface area (Å²) >= 11 is 9.49. The van der Waals surface area contributed by atoms with Gasteiger partial charge in [0.05, 0.1) is 8.26 Å². The highest BCUT2D eigenvalue weighted by Crippen LogP contribution is 2.42. The molecule has 0 unspecified atom stereocenters. The van der Waals surface area contributed by atoms with E-state index in [4.69, 9.17) is 0 Å². The lowest BCUT2D eigenvalue weighted by atomic mass is 9.97. The van der Waals surface area contributed by atoms with Crippen LogP contribution in [0.1, 0.15) is 128 Å². The predicted octanol–water partition coefficient (Wildman–Crippen LogP) is 11.8. The highest BCUT2D eigenvalue weighted by Gasteiger charge is 2.13. The lowest BCUT2D eigenvalue weighted by Crippen LogP contribution is -1.93. The highest BCUT2D eigenvalue weighted by molar-refractivity contribution is 9.13. The SMILES string of the molecule is CCCCCCCCCCc1cc(CCCCCCCCCC)c2c(Br)c(Br)sc2c1. The van der Waals surface area contributed by atoms with E-state index in [0.717, 1.165) is 0 Å². The van der Waals surface area contributed by atoms with Crippen molar-refractivity contribution in [2.45, 2.75) is 129 Å². The van der Waals surface area contributed by atoms with Crippen molar-refractivity contribution < 1.29 is 0 Å². The molecule has 0 saturated heterocycles. The zero-order chi connectivity index (χ0) is 22.3. The third kappa shape index (κ3) is 10.3. The van der Waals surface area contributed by atoms with Crippen LogP contribution < -0.4 is 0 Å². The summed E-state index contributed by atoms with van der Waals surface area (Å²) in [5.74, 6) is 0. The third-order valence-electron chi connectivity index (χ3n) is 6.45. The van der Waals surface area contributed by atoms with Crippen LogP contribution in [-0.4, -0.2) is 0 Å². The summed E-state index contributed by atoms with van der Waals surface area (Å²) in [5.41, 5.74) is 3.11. The fourth-order valence-electron chi connectivity index (χ4n) is 4.56. The molecule has 0 aliphatic rings. The summed E-state index contributed by atoms with van der Waals surface area (Å²) in [6.07, 6.45) is 24.7. The number of benzene rings is 1. The number of hydrogen-bond donors (Lipinski definition) is 0. The van der Waals surface area contributed by atoms with Crippen molar-refractivity contribution in [3.8, 4) is 0 Å². The average Bonchev–Trinajstić information content (AvgIpc) is 3.05. The molecule has 31 heavy (non-hydrogen) atoms. The van der Waals surface area contributed by atoms with Gasteiger partial charge in [0.15, 0.2) is 0 Å². The number of aryl methyl sites for hydroxylation is 2. The molecule has 0 fully saturated rings. The van der Waals surface area contributed by atoms with E-state index >= 15 is 0 Å². The third-order valence-corrected chi connectivity index (χ3v) is 9.85. The van der Waals surface area contributed by atoms with Gasteiger partial charge in [-0.25, -0.2) is 0 Å². The Morgan fingerprint density at radius 2 is 1.10 bits per heavy atom. The number of fused-ring (bicyclic) bond motifs is 1. The summed E-state index contributed by atoms with van der Waals surface area (Å²) in [5, 5.41) is 1.46. The second kappa shape index (κ2) is 16.7. The molecule has 1 aromatic carbocycles. The van der Waals surface area contributed by atoms with Gasteiger partial charge in [0, 0.05) is 10.1 Å². The first-order valence-corrected chi connectivity index (χ1v) is 15.5. The zero-order valence-electron chi connectivity index (χ0n) is 20.0. The molecule has 1 aromatic heterocycles. The van der Waals surface area contributed by atoms with Crippen LogP contribution in [0.15, 0.2) is 20.4 Å². The molecule has 0 radical (unpaired) electrons. The van der Waals surface area contributed by atoms with Crippen molar-refractivity contribution in [2.24, 2.45) is 0 Å². The normalized spacial score (nSPS) is 11.6. The molecule has 0 aliphatic heterocycles. The zero-order valence-corrected chi connectivity index (χ0v) is 24.0. The second-order valence-electron chi connectivity index (χ2n) is 9.27. The molecule has 0 saturated carbocycles. The Morgan fingerprint density at radius 1 is 0.613 bits per heavy atom. The average molecular weight is 573 g/mol. The van der Waals surface area contributed by atoms with E-state index in [-0.39, 0.29) is 0 Å². The number of thiophene rings is 1. The van der Waals surface area contributed by atoms with E-state index in [9.17, 15) is 0 Å². The summed E-state index contributed by atoms with van der Waals surface area (Å²) in [4.78, 5) is 0. The molecular formula is C28H44Br2S. The minimum absolute atomic E-state index is 1.22. The van der Waals surface area contributed by atoms with E-state index in [2.05, 4.69) is 57.8 Å². The summed E-state index contributed by atoms with van der Waals surface area (Å²) < 4.78 is 3.95. The van der Waals surface area contributed by atoms with Gasteiger partial charge in [-0.1, -0.05) is 110 Å². The van der Waals surface area contributed by atoms with Crippen LogP contribution in [0.4, 0.5) is 0 Å². The first-order chi connectivity index (χ1) is 15.2. The van der Waals surface area contributed by atoms with Gasteiger partial charge in [0.2, 0.25) is 0 Å². The molecule has 3 heteroatoms. The van der Waals surface area contributed by atoms with Crippen molar-refractivity contribution in [3.05, 3.63) is 31.5 Å². The molecule has 0 spiro atoms. The van der Waals surface area contributed by atoms with Crippen LogP contribution in [0.5, 0.6) is 0 Å². The van der Waals surface area contributed by atoms with Crippen molar-refractivity contribution in [1.29, 1.82) is 0 Å². The lowest BCUT2D eigenvalue weighted by Gasteiger charge is -2.09. The Kier molecular flexibility index (Phi) is 14.8. The fourth-order valence-corrected chi connectivity index (χ4v) is 7.05. The van der Waals surface area contributed by atoms with E-state index < -0.39 is 0 Å². The second-order valence-corrected chi connectivity index (χ2v) is 12.4. The maximum atomic E-state index is 3.85. The highest BCUT2D eigenvalue weighted by atomic mass is 79.9. The molecule has 0 bridgehead atoms. The summed E-state index contributed by atoms with van der Waals surface area (Å²) in [7, 11) is 0. The van der Waals surface area contributed by atoms with E-state index in [1.165, 1.54) is 134 Å². The van der Waals surface area contributed by atoms with Crippen molar-refractivity contribution in [3.63, 3.8) is 0 Å². The van der Waals surface area contributed by atoms with Crippen LogP contribution in [0, 0.1) is 0 Å². The topological polar surface area (TPSA) is 0 Å². The van der Waals surface area contributed by atoms with Crippen LogP contribution in [0.2, 0.25) is 0 Å². The Labute approximate surface area is 213 Å². The minimum atomic E-state index is 1.22. The molecule has 1 heterocycles. The van der Waals surface area contributed by atoms with Crippen LogP contribution in [0.25, 0.3) is 10.1 Å². The number of hydrogen-bond acceptors (Lipinski definition) is 1. The fraction of sp³-hybridized carbons (Fsp3) is 0.714. The molecule has 176 valence electrons. The first kappa shape index (κ1) is 27.4. The van der Waals surface area contributed by atoms with Gasteiger partial charge < -0.3 is 0 Å². The Bertz CT molecular complexity index is 734. The number of rotatable bonds is 18. The Hall–Kier alpha value is 0.140. The monoisotopic (exact) mass is 570 g/mol. The van der Waals surface area contributed by atoms with Gasteiger partial charge >= 0.3 is 0 Å². The number of halogens is 2. The molecule has 2 rings (SSSR count). The van der Waals surface area contributed by atoms with E-state index in [1.54, 1.807) is 11.1 Å². The van der Waals surface area contributed by atoms with Gasteiger partial charge in [-0.3, -0.25) is 0 Å². The van der Waals surface area contributed by atoms with Gasteiger partial charge in [-0.05, 0) is 74.7 Å². The molecule has 0 amide bonds. The first-order valence-electron chi connectivity index (χ1n) is 13.1. The smallest absolute Gasteiger partial charge is 0.0853 e. The van der Waals surface area contributed by atoms with Crippen molar-refractivity contribution >= 4 is 53.3 Å². The minimum Gasteiger partial charge on any atom is -0.127 e. The molecular weight excluding hydrogens is 528 g/mol. The molecule has 2 aromatic rings. The van der Waals surface area contributed by atoms with E-state index in [0.29, 0.717) is 0 Å². The van der Waals surface area contributed by atoms with Gasteiger partial charge in [-0.2, -0.15) is 0 Å². The largest absolute Gasteiger partial charge is 0.127 e. The van der Waals surface area contributed by atoms with E-state index in [1.807, 2.05) is 11.3 Å². The van der Waals surface area contributed by atoms with Crippen molar-refractivity contribution in [1.82, 2.24) is 0 Å². The van der Waals surface area contributed by atoms with Gasteiger partial charge in [-0.15, -0.1) is 11.3 Å². The van der Waals surface area contributed by atoms with Gasteiger partial charge in [0.25, 0.3) is 0 Å². The van der Waals surface area contributed by atoms with Gasteiger partial charge in [0.1, 0.15) is 0 Å². The molecule has 0 nitrogen and oxygen atoms in total. The Morgan fingerprint density at radius 3 is 1.65 bits per heavy atom. The quantitative estimate of drug-likeness (QED) is 0.156. The summed E-state index contributed by atoms with van der Waals surface area (Å²) in [6, 6.07) is 4.97. The maximum Gasteiger partial charge on any atom is 0.0853 e. The molecule has 0 N–H and O–H groups in total. The Balaban J connectivity index is 1.83. The maximum absolute atomic E-state index is 3.85. The van der Waals surface area contributed by atoms with Crippen LogP contribution >= 0.6 is 43.2 Å². The van der Waals surface area contributed by atoms with Crippen molar-refractivity contribution in [2.75, 3.05) is 0 Å². The lowest BCUT2D eigenvalue weighted by molar-refractivity contribution is 0.574. The summed E-state index contributed by atoms with van der Waals surface area (Å²) in [6.45, 7) is 4.59. The van der Waals surface area contributed by atoms with Crippen LogP contribution in [0.3, 0.4) is 0 Å².